The van der Waals surface area contributed by atoms with Crippen LogP contribution < -0.4 is 0 Å². The van der Waals surface area contributed by atoms with Gasteiger partial charge in [-0.25, -0.2) is 4.79 Å². The zero-order valence-electron chi connectivity index (χ0n) is 10.8. The molecule has 0 spiro atoms. The Morgan fingerprint density at radius 2 is 2.18 bits per heavy atom. The van der Waals surface area contributed by atoms with Crippen LogP contribution in [0.1, 0.15) is 27.2 Å². The Labute approximate surface area is 102 Å². The third kappa shape index (κ3) is 3.61. The number of aliphatic carboxylic acids is 1. The molecule has 1 aliphatic heterocycles. The number of urea groups is 1. The average molecular weight is 242 g/mol. The molecule has 0 bridgehead atoms. The minimum atomic E-state index is -0.856. The van der Waals surface area contributed by atoms with Gasteiger partial charge in [0.05, 0.1) is 5.92 Å². The monoisotopic (exact) mass is 242 g/mol. The molecule has 0 saturated carbocycles. The molecule has 0 aromatic heterocycles. The zero-order valence-corrected chi connectivity index (χ0v) is 10.8. The van der Waals surface area contributed by atoms with Gasteiger partial charge in [-0.2, -0.15) is 0 Å². The lowest BCUT2D eigenvalue weighted by Gasteiger charge is -2.28. The second-order valence-corrected chi connectivity index (χ2v) is 4.90. The Bertz CT molecular complexity index is 293. The van der Waals surface area contributed by atoms with E-state index in [9.17, 15) is 9.59 Å². The Kier molecular flexibility index (Phi) is 4.78. The maximum Gasteiger partial charge on any atom is 0.320 e. The summed E-state index contributed by atoms with van der Waals surface area (Å²) in [6.07, 6.45) is 1.04. The fourth-order valence-electron chi connectivity index (χ4n) is 2.06. The smallest absolute Gasteiger partial charge is 0.320 e. The van der Waals surface area contributed by atoms with Gasteiger partial charge in [-0.3, -0.25) is 4.79 Å². The number of carbonyl (C=O) groups is 2. The third-order valence-electron chi connectivity index (χ3n) is 3.26. The molecule has 2 atom stereocenters. The van der Waals surface area contributed by atoms with Crippen molar-refractivity contribution in [1.29, 1.82) is 0 Å². The second-order valence-electron chi connectivity index (χ2n) is 4.90. The molecule has 1 rings (SSSR count). The molecular weight excluding hydrogens is 220 g/mol. The molecule has 0 aromatic carbocycles. The van der Waals surface area contributed by atoms with Gasteiger partial charge in [0, 0.05) is 26.2 Å². The molecule has 17 heavy (non-hydrogen) atoms. The highest BCUT2D eigenvalue weighted by atomic mass is 16.4. The summed E-state index contributed by atoms with van der Waals surface area (Å²) in [7, 11) is 0. The number of carboxylic acid groups (broad SMARTS) is 1. The van der Waals surface area contributed by atoms with E-state index in [0.29, 0.717) is 12.5 Å². The first-order valence-electron chi connectivity index (χ1n) is 6.22. The van der Waals surface area contributed by atoms with E-state index < -0.39 is 11.9 Å². The summed E-state index contributed by atoms with van der Waals surface area (Å²) in [5, 5.41) is 8.86. The van der Waals surface area contributed by atoms with Crippen molar-refractivity contribution in [3.63, 3.8) is 0 Å². The molecule has 5 nitrogen and oxygen atoms in total. The molecule has 98 valence electrons. The highest BCUT2D eigenvalue weighted by molar-refractivity contribution is 5.76. The van der Waals surface area contributed by atoms with Crippen LogP contribution in [0, 0.1) is 11.8 Å². The number of hydrogen-bond donors (Lipinski definition) is 1. The lowest BCUT2D eigenvalue weighted by Crippen LogP contribution is -2.44. The van der Waals surface area contributed by atoms with E-state index in [4.69, 9.17) is 5.11 Å². The van der Waals surface area contributed by atoms with Crippen molar-refractivity contribution in [2.75, 3.05) is 26.2 Å². The minimum Gasteiger partial charge on any atom is -0.481 e. The molecule has 1 aliphatic rings. The highest BCUT2D eigenvalue weighted by Crippen LogP contribution is 2.17. The van der Waals surface area contributed by atoms with E-state index in [2.05, 4.69) is 6.92 Å². The molecule has 1 fully saturated rings. The minimum absolute atomic E-state index is 0.0232. The van der Waals surface area contributed by atoms with Crippen LogP contribution in [-0.2, 0) is 4.79 Å². The van der Waals surface area contributed by atoms with Gasteiger partial charge in [-0.1, -0.05) is 13.8 Å². The molecule has 2 unspecified atom stereocenters. The molecule has 5 heteroatoms. The van der Waals surface area contributed by atoms with Crippen molar-refractivity contribution in [1.82, 2.24) is 9.80 Å². The largest absolute Gasteiger partial charge is 0.481 e. The molecule has 1 N–H and O–H groups in total. The summed E-state index contributed by atoms with van der Waals surface area (Å²) in [6.45, 7) is 8.06. The van der Waals surface area contributed by atoms with Gasteiger partial charge < -0.3 is 14.9 Å². The molecule has 1 saturated heterocycles. The average Bonchev–Trinajstić information content (AvgIpc) is 2.71. The van der Waals surface area contributed by atoms with Gasteiger partial charge in [0.2, 0.25) is 0 Å². The van der Waals surface area contributed by atoms with Crippen LogP contribution in [0.25, 0.3) is 0 Å². The number of hydrogen-bond acceptors (Lipinski definition) is 2. The maximum absolute atomic E-state index is 12.1. The van der Waals surface area contributed by atoms with Crippen molar-refractivity contribution in [3.05, 3.63) is 0 Å². The number of rotatable bonds is 4. The van der Waals surface area contributed by atoms with E-state index in [-0.39, 0.29) is 12.6 Å². The van der Waals surface area contributed by atoms with Crippen LogP contribution in [0.2, 0.25) is 0 Å². The SMILES string of the molecule is CCN(CC(C)C(=O)O)C(=O)N1CCC(C)C1. The van der Waals surface area contributed by atoms with E-state index in [1.54, 1.807) is 11.8 Å². The topological polar surface area (TPSA) is 60.9 Å². The summed E-state index contributed by atoms with van der Waals surface area (Å²) in [4.78, 5) is 26.4. The fourth-order valence-corrected chi connectivity index (χ4v) is 2.06. The summed E-state index contributed by atoms with van der Waals surface area (Å²) in [5.74, 6) is -0.820. The summed E-state index contributed by atoms with van der Waals surface area (Å²) >= 11 is 0. The first kappa shape index (κ1) is 13.8. The van der Waals surface area contributed by atoms with Gasteiger partial charge >= 0.3 is 12.0 Å². The van der Waals surface area contributed by atoms with E-state index in [0.717, 1.165) is 19.5 Å². The van der Waals surface area contributed by atoms with Gasteiger partial charge in [0.1, 0.15) is 0 Å². The Morgan fingerprint density at radius 3 is 2.59 bits per heavy atom. The Hall–Kier alpha value is -1.26. The van der Waals surface area contributed by atoms with E-state index in [1.807, 2.05) is 11.8 Å². The summed E-state index contributed by atoms with van der Waals surface area (Å²) in [6, 6.07) is -0.0232. The van der Waals surface area contributed by atoms with Crippen molar-refractivity contribution < 1.29 is 14.7 Å². The molecular formula is C12H22N2O3. The van der Waals surface area contributed by atoms with Crippen LogP contribution in [-0.4, -0.2) is 53.1 Å². The van der Waals surface area contributed by atoms with Crippen LogP contribution in [0.15, 0.2) is 0 Å². The number of carbonyl (C=O) groups excluding carboxylic acids is 1. The summed E-state index contributed by atoms with van der Waals surface area (Å²) < 4.78 is 0. The third-order valence-corrected chi connectivity index (χ3v) is 3.26. The fraction of sp³-hybridized carbons (Fsp3) is 0.833. The molecule has 0 aromatic rings. The van der Waals surface area contributed by atoms with Crippen LogP contribution in [0.5, 0.6) is 0 Å². The number of nitrogens with zero attached hydrogens (tertiary/aromatic N) is 2. The predicted octanol–water partition coefficient (Wildman–Crippen LogP) is 1.49. The second kappa shape index (κ2) is 5.89. The molecule has 0 aliphatic carbocycles. The highest BCUT2D eigenvalue weighted by Gasteiger charge is 2.28. The van der Waals surface area contributed by atoms with Crippen LogP contribution in [0.3, 0.4) is 0 Å². The van der Waals surface area contributed by atoms with Crippen molar-refractivity contribution in [2.45, 2.75) is 27.2 Å². The maximum atomic E-state index is 12.1. The number of carboxylic acids is 1. The van der Waals surface area contributed by atoms with Crippen LogP contribution in [0.4, 0.5) is 4.79 Å². The van der Waals surface area contributed by atoms with Crippen LogP contribution >= 0.6 is 0 Å². The first-order chi connectivity index (χ1) is 7.95. The normalized spacial score (nSPS) is 21.4. The van der Waals surface area contributed by atoms with Gasteiger partial charge in [-0.15, -0.1) is 0 Å². The lowest BCUT2D eigenvalue weighted by molar-refractivity contribution is -0.141. The van der Waals surface area contributed by atoms with Gasteiger partial charge in [-0.05, 0) is 19.3 Å². The van der Waals surface area contributed by atoms with Gasteiger partial charge in [0.25, 0.3) is 0 Å². The molecule has 0 radical (unpaired) electrons. The standard InChI is InChI=1S/C12H22N2O3/c1-4-13(8-10(3)11(15)16)12(17)14-6-5-9(2)7-14/h9-10H,4-8H2,1-3H3,(H,15,16). The molecule has 1 heterocycles. The van der Waals surface area contributed by atoms with Crippen molar-refractivity contribution >= 4 is 12.0 Å². The Morgan fingerprint density at radius 1 is 1.53 bits per heavy atom. The molecule has 2 amide bonds. The predicted molar refractivity (Wildman–Crippen MR) is 64.8 cm³/mol. The van der Waals surface area contributed by atoms with Crippen molar-refractivity contribution in [2.24, 2.45) is 11.8 Å². The quantitative estimate of drug-likeness (QED) is 0.812. The van der Waals surface area contributed by atoms with Gasteiger partial charge in [0.15, 0.2) is 0 Å². The zero-order chi connectivity index (χ0) is 13.0. The van der Waals surface area contributed by atoms with E-state index in [1.165, 1.54) is 0 Å². The van der Waals surface area contributed by atoms with Crippen molar-refractivity contribution in [3.8, 4) is 0 Å². The number of likely N-dealkylation sites (tertiary alicyclic amines) is 1. The van der Waals surface area contributed by atoms with E-state index >= 15 is 0 Å². The summed E-state index contributed by atoms with van der Waals surface area (Å²) in [5.41, 5.74) is 0. The lowest BCUT2D eigenvalue weighted by atomic mass is 10.2. The first-order valence-corrected chi connectivity index (χ1v) is 6.22. The number of amides is 2. The Balaban J connectivity index is 2.55.